The molecule has 0 aliphatic carbocycles. The predicted molar refractivity (Wildman–Crippen MR) is 88.5 cm³/mol. The van der Waals surface area contributed by atoms with Crippen LogP contribution in [0.4, 0.5) is 5.69 Å². The van der Waals surface area contributed by atoms with E-state index in [9.17, 15) is 9.59 Å². The first-order chi connectivity index (χ1) is 10.1. The topological polar surface area (TPSA) is 75.4 Å². The number of amides is 2. The van der Waals surface area contributed by atoms with Gasteiger partial charge in [-0.25, -0.2) is 0 Å². The van der Waals surface area contributed by atoms with Gasteiger partial charge in [0, 0.05) is 38.0 Å². The Morgan fingerprint density at radius 1 is 1.29 bits per heavy atom. The molecule has 0 atom stereocenters. The van der Waals surface area contributed by atoms with E-state index in [2.05, 4.69) is 22.3 Å². The van der Waals surface area contributed by atoms with Gasteiger partial charge in [-0.2, -0.15) is 11.8 Å². The molecule has 1 aromatic carbocycles. The molecule has 0 fully saturated rings. The van der Waals surface area contributed by atoms with Crippen molar-refractivity contribution in [1.82, 2.24) is 5.32 Å². The van der Waals surface area contributed by atoms with Gasteiger partial charge in [0.2, 0.25) is 11.8 Å². The predicted octanol–water partition coefficient (Wildman–Crippen LogP) is 1.24. The van der Waals surface area contributed by atoms with Crippen molar-refractivity contribution in [2.45, 2.75) is 12.8 Å². The van der Waals surface area contributed by atoms with Crippen LogP contribution in [0.2, 0.25) is 0 Å². The number of nitrogens with zero attached hydrogens (tertiary/aromatic N) is 1. The fourth-order valence-electron chi connectivity index (χ4n) is 1.78. The molecule has 0 bridgehead atoms. The molecular weight excluding hydrogens is 286 g/mol. The summed E-state index contributed by atoms with van der Waals surface area (Å²) in [4.78, 5) is 24.2. The number of thioether (sulfide) groups is 1. The summed E-state index contributed by atoms with van der Waals surface area (Å²) < 4.78 is 0. The first-order valence-electron chi connectivity index (χ1n) is 6.98. The standard InChI is InChI=1S/C15H23N3O2S/c1-18(13-6-3-2-4-7-13)10-5-9-17-15(20)8-11-21-12-14(16)19/h2-4,6-7H,5,8-12H2,1H3,(H2,16,19)(H,17,20). The number of benzene rings is 1. The quantitative estimate of drug-likeness (QED) is 0.638. The molecule has 0 spiro atoms. The third-order valence-electron chi connectivity index (χ3n) is 2.91. The van der Waals surface area contributed by atoms with Crippen LogP contribution in [0, 0.1) is 0 Å². The largest absolute Gasteiger partial charge is 0.375 e. The number of carbonyl (C=O) groups is 2. The van der Waals surface area contributed by atoms with Crippen LogP contribution in [0.1, 0.15) is 12.8 Å². The normalized spacial score (nSPS) is 10.1. The lowest BCUT2D eigenvalue weighted by Gasteiger charge is -2.19. The molecule has 0 aromatic heterocycles. The van der Waals surface area contributed by atoms with Gasteiger partial charge in [-0.05, 0) is 18.6 Å². The van der Waals surface area contributed by atoms with Crippen LogP contribution in [0.5, 0.6) is 0 Å². The number of para-hydroxylation sites is 1. The molecule has 0 unspecified atom stereocenters. The van der Waals surface area contributed by atoms with E-state index < -0.39 is 0 Å². The maximum atomic E-state index is 11.5. The number of nitrogens with one attached hydrogen (secondary N) is 1. The summed E-state index contributed by atoms with van der Waals surface area (Å²) in [5, 5.41) is 2.88. The second-order valence-corrected chi connectivity index (χ2v) is 5.83. The van der Waals surface area contributed by atoms with Crippen LogP contribution < -0.4 is 16.0 Å². The zero-order chi connectivity index (χ0) is 15.5. The number of hydrogen-bond acceptors (Lipinski definition) is 4. The van der Waals surface area contributed by atoms with E-state index in [1.165, 1.54) is 17.4 Å². The lowest BCUT2D eigenvalue weighted by atomic mass is 10.3. The van der Waals surface area contributed by atoms with Crippen LogP contribution >= 0.6 is 11.8 Å². The van der Waals surface area contributed by atoms with E-state index >= 15 is 0 Å². The average Bonchev–Trinajstić information content (AvgIpc) is 2.48. The summed E-state index contributed by atoms with van der Waals surface area (Å²) >= 11 is 1.39. The van der Waals surface area contributed by atoms with Crippen LogP contribution in [0.3, 0.4) is 0 Å². The third-order valence-corrected chi connectivity index (χ3v) is 3.89. The first kappa shape index (κ1) is 17.4. The lowest BCUT2D eigenvalue weighted by Crippen LogP contribution is -2.28. The number of primary amides is 1. The number of rotatable bonds is 10. The molecule has 0 aliphatic heterocycles. The molecule has 1 aromatic rings. The molecule has 2 amide bonds. The minimum absolute atomic E-state index is 0.0225. The van der Waals surface area contributed by atoms with Gasteiger partial charge in [-0.1, -0.05) is 18.2 Å². The summed E-state index contributed by atoms with van der Waals surface area (Å²) in [6.45, 7) is 1.55. The highest BCUT2D eigenvalue weighted by atomic mass is 32.2. The van der Waals surface area contributed by atoms with Crippen molar-refractivity contribution in [2.24, 2.45) is 5.73 Å². The number of nitrogens with two attached hydrogens (primary N) is 1. The number of anilines is 1. The SMILES string of the molecule is CN(CCCNC(=O)CCSCC(N)=O)c1ccccc1. The van der Waals surface area contributed by atoms with Crippen molar-refractivity contribution in [3.8, 4) is 0 Å². The fraction of sp³-hybridized carbons (Fsp3) is 0.467. The van der Waals surface area contributed by atoms with Crippen molar-refractivity contribution in [2.75, 3.05) is 36.5 Å². The van der Waals surface area contributed by atoms with Crippen LogP contribution in [-0.4, -0.2) is 43.5 Å². The Morgan fingerprint density at radius 3 is 2.67 bits per heavy atom. The molecule has 0 radical (unpaired) electrons. The van der Waals surface area contributed by atoms with Gasteiger partial charge < -0.3 is 16.0 Å². The second-order valence-electron chi connectivity index (χ2n) is 4.73. The van der Waals surface area contributed by atoms with E-state index in [1.54, 1.807) is 0 Å². The van der Waals surface area contributed by atoms with Gasteiger partial charge >= 0.3 is 0 Å². The molecule has 5 nitrogen and oxygen atoms in total. The third kappa shape index (κ3) is 8.24. The number of hydrogen-bond donors (Lipinski definition) is 2. The maximum absolute atomic E-state index is 11.5. The van der Waals surface area contributed by atoms with E-state index in [-0.39, 0.29) is 17.6 Å². The van der Waals surface area contributed by atoms with Crippen molar-refractivity contribution < 1.29 is 9.59 Å². The minimum atomic E-state index is -0.343. The molecular formula is C15H23N3O2S. The van der Waals surface area contributed by atoms with E-state index in [0.717, 1.165) is 13.0 Å². The molecule has 0 heterocycles. The molecule has 1 rings (SSSR count). The Hall–Kier alpha value is -1.69. The second kappa shape index (κ2) is 10.1. The smallest absolute Gasteiger partial charge is 0.227 e. The van der Waals surface area contributed by atoms with Crippen molar-refractivity contribution in [1.29, 1.82) is 0 Å². The van der Waals surface area contributed by atoms with Gasteiger partial charge in [0.1, 0.15) is 0 Å². The lowest BCUT2D eigenvalue weighted by molar-refractivity contribution is -0.120. The Morgan fingerprint density at radius 2 is 2.00 bits per heavy atom. The van der Waals surface area contributed by atoms with Gasteiger partial charge in [-0.3, -0.25) is 9.59 Å². The van der Waals surface area contributed by atoms with Crippen molar-refractivity contribution >= 4 is 29.3 Å². The van der Waals surface area contributed by atoms with Crippen LogP contribution in [0.25, 0.3) is 0 Å². The Kier molecular flexibility index (Phi) is 8.35. The van der Waals surface area contributed by atoms with E-state index in [0.29, 0.717) is 18.7 Å². The summed E-state index contributed by atoms with van der Waals surface area (Å²) in [6.07, 6.45) is 1.32. The molecule has 0 aliphatic rings. The van der Waals surface area contributed by atoms with Crippen molar-refractivity contribution in [3.63, 3.8) is 0 Å². The van der Waals surface area contributed by atoms with Gasteiger partial charge in [0.15, 0.2) is 0 Å². The molecule has 6 heteroatoms. The highest BCUT2D eigenvalue weighted by Crippen LogP contribution is 2.10. The Bertz CT molecular complexity index is 440. The summed E-state index contributed by atoms with van der Waals surface area (Å²) in [5.74, 6) is 0.576. The molecule has 0 saturated heterocycles. The van der Waals surface area contributed by atoms with Crippen molar-refractivity contribution in [3.05, 3.63) is 30.3 Å². The minimum Gasteiger partial charge on any atom is -0.375 e. The molecule has 3 N–H and O–H groups in total. The highest BCUT2D eigenvalue weighted by molar-refractivity contribution is 7.99. The maximum Gasteiger partial charge on any atom is 0.227 e. The average molecular weight is 309 g/mol. The van der Waals surface area contributed by atoms with E-state index in [4.69, 9.17) is 5.73 Å². The summed E-state index contributed by atoms with van der Waals surface area (Å²) in [5.41, 5.74) is 6.19. The summed E-state index contributed by atoms with van der Waals surface area (Å²) in [7, 11) is 2.04. The zero-order valence-corrected chi connectivity index (χ0v) is 13.2. The Labute approximate surface area is 130 Å². The van der Waals surface area contributed by atoms with Gasteiger partial charge in [0.25, 0.3) is 0 Å². The van der Waals surface area contributed by atoms with E-state index in [1.807, 2.05) is 25.2 Å². The fourth-order valence-corrected chi connectivity index (χ4v) is 2.46. The van der Waals surface area contributed by atoms with Crippen LogP contribution in [0.15, 0.2) is 30.3 Å². The molecule has 0 saturated carbocycles. The van der Waals surface area contributed by atoms with Gasteiger partial charge in [0.05, 0.1) is 5.75 Å². The zero-order valence-electron chi connectivity index (χ0n) is 12.4. The Balaban J connectivity index is 2.05. The molecule has 116 valence electrons. The summed E-state index contributed by atoms with van der Waals surface area (Å²) in [6, 6.07) is 10.1. The molecule has 21 heavy (non-hydrogen) atoms. The highest BCUT2D eigenvalue weighted by Gasteiger charge is 2.03. The van der Waals surface area contributed by atoms with Crippen LogP contribution in [-0.2, 0) is 9.59 Å². The van der Waals surface area contributed by atoms with Gasteiger partial charge in [-0.15, -0.1) is 0 Å². The number of carbonyl (C=O) groups excluding carboxylic acids is 2. The monoisotopic (exact) mass is 309 g/mol. The first-order valence-corrected chi connectivity index (χ1v) is 8.14.